The minimum Gasteiger partial charge on any atom is -0.496 e. The molecule has 0 fully saturated rings. The van der Waals surface area contributed by atoms with E-state index in [0.717, 1.165) is 0 Å². The number of nitrogens with one attached hydrogen (secondary N) is 1. The number of ether oxygens (including phenoxy) is 1. The Morgan fingerprint density at radius 2 is 1.92 bits per heavy atom. The van der Waals surface area contributed by atoms with Crippen molar-refractivity contribution in [3.63, 3.8) is 0 Å². The van der Waals surface area contributed by atoms with E-state index >= 15 is 0 Å². The third-order valence-electron chi connectivity index (χ3n) is 3.32. The SMILES string of the molecule is COc1ccc(F)cc1CN(C)CC(=O)Nc1c(Cl)cccc1Cl. The first-order valence-electron chi connectivity index (χ1n) is 7.15. The van der Waals surface area contributed by atoms with Crippen molar-refractivity contribution in [2.24, 2.45) is 0 Å². The number of hydrogen-bond donors (Lipinski definition) is 1. The molecule has 0 atom stereocenters. The van der Waals surface area contributed by atoms with Crippen LogP contribution in [0.5, 0.6) is 5.75 Å². The first-order chi connectivity index (χ1) is 11.4. The summed E-state index contributed by atoms with van der Waals surface area (Å²) in [5.74, 6) is -0.0628. The van der Waals surface area contributed by atoms with Crippen LogP contribution < -0.4 is 10.1 Å². The van der Waals surface area contributed by atoms with E-state index in [1.165, 1.54) is 19.2 Å². The fourth-order valence-corrected chi connectivity index (χ4v) is 2.75. The molecule has 0 aliphatic heterocycles. The van der Waals surface area contributed by atoms with Crippen molar-refractivity contribution in [3.05, 3.63) is 57.8 Å². The number of halogens is 3. The van der Waals surface area contributed by atoms with Crippen molar-refractivity contribution in [3.8, 4) is 5.75 Å². The summed E-state index contributed by atoms with van der Waals surface area (Å²) in [6.07, 6.45) is 0. The maximum Gasteiger partial charge on any atom is 0.238 e. The quantitative estimate of drug-likeness (QED) is 0.827. The molecule has 4 nitrogen and oxygen atoms in total. The van der Waals surface area contributed by atoms with Gasteiger partial charge in [-0.05, 0) is 37.4 Å². The number of benzene rings is 2. The molecule has 1 amide bonds. The number of carbonyl (C=O) groups is 1. The van der Waals surface area contributed by atoms with E-state index in [9.17, 15) is 9.18 Å². The monoisotopic (exact) mass is 370 g/mol. The Kier molecular flexibility index (Phi) is 6.43. The van der Waals surface area contributed by atoms with Crippen molar-refractivity contribution in [1.82, 2.24) is 4.90 Å². The number of anilines is 1. The van der Waals surface area contributed by atoms with Crippen molar-refractivity contribution >= 4 is 34.8 Å². The lowest BCUT2D eigenvalue weighted by molar-refractivity contribution is -0.117. The van der Waals surface area contributed by atoms with E-state index in [1.54, 1.807) is 36.2 Å². The Bertz CT molecular complexity index is 720. The molecule has 0 aliphatic carbocycles. The highest BCUT2D eigenvalue weighted by atomic mass is 35.5. The molecule has 0 saturated carbocycles. The van der Waals surface area contributed by atoms with Crippen LogP contribution in [-0.4, -0.2) is 31.5 Å². The van der Waals surface area contributed by atoms with Gasteiger partial charge in [0.05, 0.1) is 29.4 Å². The van der Waals surface area contributed by atoms with Gasteiger partial charge in [-0.15, -0.1) is 0 Å². The van der Waals surface area contributed by atoms with Gasteiger partial charge in [0.15, 0.2) is 0 Å². The number of methoxy groups -OCH3 is 1. The topological polar surface area (TPSA) is 41.6 Å². The highest BCUT2D eigenvalue weighted by molar-refractivity contribution is 6.39. The second kappa shape index (κ2) is 8.33. The molecule has 0 saturated heterocycles. The normalized spacial score (nSPS) is 10.8. The molecular formula is C17H17Cl2FN2O2. The van der Waals surface area contributed by atoms with Crippen molar-refractivity contribution in [2.45, 2.75) is 6.54 Å². The first-order valence-corrected chi connectivity index (χ1v) is 7.91. The van der Waals surface area contributed by atoms with E-state index in [1.807, 2.05) is 0 Å². The Morgan fingerprint density at radius 3 is 2.54 bits per heavy atom. The maximum atomic E-state index is 13.4. The van der Waals surface area contributed by atoms with Crippen LogP contribution in [0.15, 0.2) is 36.4 Å². The standard InChI is InChI=1S/C17H17Cl2FN2O2/c1-22(9-11-8-12(20)6-7-15(11)24-2)10-16(23)21-17-13(18)4-3-5-14(17)19/h3-8H,9-10H2,1-2H3,(H,21,23). The summed E-state index contributed by atoms with van der Waals surface area (Å²) < 4.78 is 18.6. The smallest absolute Gasteiger partial charge is 0.238 e. The minimum atomic E-state index is -0.355. The first kappa shape index (κ1) is 18.5. The van der Waals surface area contributed by atoms with Crippen LogP contribution in [0.3, 0.4) is 0 Å². The van der Waals surface area contributed by atoms with Gasteiger partial charge in [0.25, 0.3) is 0 Å². The van der Waals surface area contributed by atoms with E-state index in [4.69, 9.17) is 27.9 Å². The van der Waals surface area contributed by atoms with Gasteiger partial charge in [0.1, 0.15) is 11.6 Å². The molecule has 128 valence electrons. The number of carbonyl (C=O) groups excluding carboxylic acids is 1. The van der Waals surface area contributed by atoms with Crippen LogP contribution in [0, 0.1) is 5.82 Å². The Labute approximate surface area is 150 Å². The van der Waals surface area contributed by atoms with E-state index in [2.05, 4.69) is 5.32 Å². The van der Waals surface area contributed by atoms with Gasteiger partial charge in [-0.3, -0.25) is 9.69 Å². The molecule has 24 heavy (non-hydrogen) atoms. The van der Waals surface area contributed by atoms with Gasteiger partial charge >= 0.3 is 0 Å². The molecule has 0 heterocycles. The summed E-state index contributed by atoms with van der Waals surface area (Å²) in [7, 11) is 3.26. The van der Waals surface area contributed by atoms with Gasteiger partial charge < -0.3 is 10.1 Å². The molecule has 0 bridgehead atoms. The van der Waals surface area contributed by atoms with Gasteiger partial charge in [-0.2, -0.15) is 0 Å². The zero-order chi connectivity index (χ0) is 17.7. The number of para-hydroxylation sites is 1. The lowest BCUT2D eigenvalue weighted by atomic mass is 10.2. The molecule has 0 spiro atoms. The Balaban J connectivity index is 2.01. The summed E-state index contributed by atoms with van der Waals surface area (Å²) in [4.78, 5) is 13.9. The minimum absolute atomic E-state index is 0.0845. The maximum absolute atomic E-state index is 13.4. The van der Waals surface area contributed by atoms with E-state index in [0.29, 0.717) is 33.6 Å². The van der Waals surface area contributed by atoms with E-state index < -0.39 is 0 Å². The third kappa shape index (κ3) is 4.84. The van der Waals surface area contributed by atoms with Gasteiger partial charge in [0, 0.05) is 12.1 Å². The number of amides is 1. The zero-order valence-corrected chi connectivity index (χ0v) is 14.8. The van der Waals surface area contributed by atoms with Crippen molar-refractivity contribution < 1.29 is 13.9 Å². The highest BCUT2D eigenvalue weighted by Gasteiger charge is 2.13. The second-order valence-electron chi connectivity index (χ2n) is 5.27. The molecule has 0 radical (unpaired) electrons. The molecule has 2 aromatic carbocycles. The molecule has 2 aromatic rings. The average Bonchev–Trinajstić information content (AvgIpc) is 2.51. The number of hydrogen-bond acceptors (Lipinski definition) is 3. The third-order valence-corrected chi connectivity index (χ3v) is 3.95. The van der Waals surface area contributed by atoms with E-state index in [-0.39, 0.29) is 18.3 Å². The van der Waals surface area contributed by atoms with Crippen LogP contribution in [0.25, 0.3) is 0 Å². The lowest BCUT2D eigenvalue weighted by Gasteiger charge is -2.18. The molecule has 2 rings (SSSR count). The summed E-state index contributed by atoms with van der Waals surface area (Å²) >= 11 is 12.1. The van der Waals surface area contributed by atoms with Crippen molar-refractivity contribution in [2.75, 3.05) is 26.0 Å². The van der Waals surface area contributed by atoms with Crippen LogP contribution >= 0.6 is 23.2 Å². The lowest BCUT2D eigenvalue weighted by Crippen LogP contribution is -2.30. The van der Waals surface area contributed by atoms with Crippen LogP contribution in [-0.2, 0) is 11.3 Å². The van der Waals surface area contributed by atoms with Crippen LogP contribution in [0.1, 0.15) is 5.56 Å². The second-order valence-corrected chi connectivity index (χ2v) is 6.09. The predicted octanol–water partition coefficient (Wildman–Crippen LogP) is 4.21. The van der Waals surface area contributed by atoms with Gasteiger partial charge in [0.2, 0.25) is 5.91 Å². The molecular weight excluding hydrogens is 354 g/mol. The number of likely N-dealkylation sites (N-methyl/N-ethyl adjacent to an activating group) is 1. The Hall–Kier alpha value is -1.82. The molecule has 1 N–H and O–H groups in total. The molecule has 0 unspecified atom stereocenters. The zero-order valence-electron chi connectivity index (χ0n) is 13.3. The summed E-state index contributed by atoms with van der Waals surface area (Å²) in [5.41, 5.74) is 1.03. The van der Waals surface area contributed by atoms with Crippen LogP contribution in [0.4, 0.5) is 10.1 Å². The fraction of sp³-hybridized carbons (Fsp3) is 0.235. The van der Waals surface area contributed by atoms with Crippen molar-refractivity contribution in [1.29, 1.82) is 0 Å². The summed E-state index contributed by atoms with van der Waals surface area (Å²) in [6, 6.07) is 9.26. The highest BCUT2D eigenvalue weighted by Crippen LogP contribution is 2.29. The molecule has 7 heteroatoms. The fourth-order valence-electron chi connectivity index (χ4n) is 2.26. The predicted molar refractivity (Wildman–Crippen MR) is 94.4 cm³/mol. The number of nitrogens with zero attached hydrogens (tertiary/aromatic N) is 1. The van der Waals surface area contributed by atoms with Crippen LogP contribution in [0.2, 0.25) is 10.0 Å². The summed E-state index contributed by atoms with van der Waals surface area (Å²) in [5, 5.41) is 3.42. The molecule has 0 aliphatic rings. The van der Waals surface area contributed by atoms with Gasteiger partial charge in [-0.25, -0.2) is 4.39 Å². The summed E-state index contributed by atoms with van der Waals surface area (Å²) in [6.45, 7) is 0.436. The average molecular weight is 371 g/mol. The largest absolute Gasteiger partial charge is 0.496 e. The van der Waals surface area contributed by atoms with Gasteiger partial charge in [-0.1, -0.05) is 29.3 Å². The number of rotatable bonds is 6. The molecule has 0 aromatic heterocycles. The Morgan fingerprint density at radius 1 is 1.25 bits per heavy atom.